The van der Waals surface area contributed by atoms with Crippen molar-refractivity contribution >= 4 is 17.3 Å². The number of anilines is 1. The number of aromatic nitrogens is 2. The second-order valence-corrected chi connectivity index (χ2v) is 8.34. The van der Waals surface area contributed by atoms with Crippen LogP contribution in [0.4, 0.5) is 23.7 Å². The lowest BCUT2D eigenvalue weighted by atomic mass is 9.93. The molecule has 1 aromatic heterocycles. The molecule has 3 aromatic carbocycles. The molecular weight excluding hydrogens is 469 g/mol. The number of carbonyl (C=O) groups excluding carboxylic acids is 1. The van der Waals surface area contributed by atoms with Crippen LogP contribution < -0.4 is 10.2 Å². The smallest absolute Gasteiger partial charge is 0.327 e. The number of carbonyl (C=O) groups is 1. The van der Waals surface area contributed by atoms with E-state index in [-0.39, 0.29) is 17.4 Å². The molecule has 0 aliphatic carbocycles. The first kappa shape index (κ1) is 23.3. The van der Waals surface area contributed by atoms with E-state index in [1.165, 1.54) is 29.2 Å². The number of benzene rings is 3. The summed E-state index contributed by atoms with van der Waals surface area (Å²) in [6, 6.07) is 15.5. The summed E-state index contributed by atoms with van der Waals surface area (Å²) in [5, 5.41) is 6.92. The molecule has 0 saturated carbocycles. The fourth-order valence-electron chi connectivity index (χ4n) is 4.23. The lowest BCUT2D eigenvalue weighted by Gasteiger charge is -2.35. The van der Waals surface area contributed by atoms with Gasteiger partial charge in [0.1, 0.15) is 5.82 Å². The maximum absolute atomic E-state index is 14.0. The number of nitrogens with zero attached hydrogens (tertiary/aromatic N) is 3. The van der Waals surface area contributed by atoms with Gasteiger partial charge in [-0.05, 0) is 48.7 Å². The van der Waals surface area contributed by atoms with Crippen molar-refractivity contribution in [1.29, 1.82) is 0 Å². The van der Waals surface area contributed by atoms with Gasteiger partial charge in [-0.25, -0.2) is 18.0 Å². The molecule has 1 atom stereocenters. The topological polar surface area (TPSA) is 71.3 Å². The fraction of sp³-hybridized carbons (Fsp3) is 0.148. The highest BCUT2D eigenvalue weighted by atomic mass is 19.2. The lowest BCUT2D eigenvalue weighted by Crippen LogP contribution is -2.46. The van der Waals surface area contributed by atoms with Crippen molar-refractivity contribution in [3.63, 3.8) is 0 Å². The average Bonchev–Trinajstić information content (AvgIpc) is 3.36. The normalized spacial score (nSPS) is 15.9. The Bertz CT molecular complexity index is 1480. The van der Waals surface area contributed by atoms with Crippen molar-refractivity contribution in [1.82, 2.24) is 15.5 Å². The van der Waals surface area contributed by atoms with Crippen molar-refractivity contribution in [3.8, 4) is 11.4 Å². The van der Waals surface area contributed by atoms with Crippen molar-refractivity contribution < 1.29 is 22.5 Å². The second kappa shape index (κ2) is 9.33. The predicted octanol–water partition coefficient (Wildman–Crippen LogP) is 6.42. The molecule has 36 heavy (non-hydrogen) atoms. The van der Waals surface area contributed by atoms with Crippen molar-refractivity contribution in [2.75, 3.05) is 4.90 Å². The van der Waals surface area contributed by atoms with Gasteiger partial charge in [0, 0.05) is 17.3 Å². The van der Waals surface area contributed by atoms with Crippen LogP contribution in [0.5, 0.6) is 0 Å². The van der Waals surface area contributed by atoms with Gasteiger partial charge in [0.25, 0.3) is 5.89 Å². The largest absolute Gasteiger partial charge is 0.334 e. The Balaban J connectivity index is 1.65. The number of rotatable bonds is 5. The fourth-order valence-corrected chi connectivity index (χ4v) is 4.23. The van der Waals surface area contributed by atoms with Crippen molar-refractivity contribution in [2.45, 2.75) is 26.3 Å². The van der Waals surface area contributed by atoms with E-state index in [0.717, 1.165) is 29.7 Å². The molecule has 0 bridgehead atoms. The Labute approximate surface area is 205 Å². The maximum Gasteiger partial charge on any atom is 0.327 e. The number of hydrogen-bond donors (Lipinski definition) is 1. The van der Waals surface area contributed by atoms with Crippen molar-refractivity contribution in [3.05, 3.63) is 107 Å². The van der Waals surface area contributed by atoms with Crippen molar-refractivity contribution in [2.24, 2.45) is 0 Å². The summed E-state index contributed by atoms with van der Waals surface area (Å²) < 4.78 is 46.9. The zero-order chi connectivity index (χ0) is 25.4. The Morgan fingerprint density at radius 2 is 1.78 bits per heavy atom. The van der Waals surface area contributed by atoms with Gasteiger partial charge in [0.2, 0.25) is 5.82 Å². The standard InChI is InChI=1S/C27H21F3N4O2/c1-3-16-7-9-17(10-8-16)24-23(26-32-25(33-36-26)18-5-4-6-19(28)13-18)15(2)34(27(35)31-24)20-11-12-21(29)22(30)14-20/h4-14,24H,3H2,1-2H3,(H,31,35). The van der Waals surface area contributed by atoms with Crippen LogP contribution in [0.1, 0.15) is 36.9 Å². The molecule has 182 valence electrons. The second-order valence-electron chi connectivity index (χ2n) is 8.34. The van der Waals surface area contributed by atoms with Crippen LogP contribution in [-0.2, 0) is 6.42 Å². The van der Waals surface area contributed by atoms with Gasteiger partial charge in [-0.2, -0.15) is 4.98 Å². The first-order chi connectivity index (χ1) is 17.4. The Hall–Kier alpha value is -4.40. The number of halogens is 3. The summed E-state index contributed by atoms with van der Waals surface area (Å²) in [5.41, 5.74) is 3.31. The van der Waals surface area contributed by atoms with E-state index in [4.69, 9.17) is 4.52 Å². The van der Waals surface area contributed by atoms with Crippen LogP contribution in [0.2, 0.25) is 0 Å². The third kappa shape index (κ3) is 4.24. The summed E-state index contributed by atoms with van der Waals surface area (Å²) in [7, 11) is 0. The number of amides is 2. The summed E-state index contributed by atoms with van der Waals surface area (Å²) in [6.45, 7) is 3.70. The molecule has 2 heterocycles. The number of allylic oxidation sites excluding steroid dienone is 1. The minimum absolute atomic E-state index is 0.101. The number of urea groups is 1. The van der Waals surface area contributed by atoms with Crippen LogP contribution in [0.25, 0.3) is 17.0 Å². The molecule has 2 amide bonds. The van der Waals surface area contributed by atoms with Gasteiger partial charge in [0.15, 0.2) is 11.6 Å². The Morgan fingerprint density at radius 3 is 2.47 bits per heavy atom. The van der Waals surface area contributed by atoms with Crippen LogP contribution in [0.15, 0.2) is 77.0 Å². The molecule has 1 aliphatic heterocycles. The van der Waals surface area contributed by atoms with Gasteiger partial charge in [-0.15, -0.1) is 0 Å². The first-order valence-corrected chi connectivity index (χ1v) is 11.3. The molecule has 0 fully saturated rings. The zero-order valence-electron chi connectivity index (χ0n) is 19.4. The molecule has 1 aliphatic rings. The summed E-state index contributed by atoms with van der Waals surface area (Å²) >= 11 is 0. The van der Waals surface area contributed by atoms with E-state index in [0.29, 0.717) is 16.8 Å². The Morgan fingerprint density at radius 1 is 1.00 bits per heavy atom. The summed E-state index contributed by atoms with van der Waals surface area (Å²) in [6.07, 6.45) is 0.851. The molecule has 0 spiro atoms. The Kier molecular flexibility index (Phi) is 6.05. The third-order valence-electron chi connectivity index (χ3n) is 6.11. The molecule has 1 unspecified atom stereocenters. The van der Waals surface area contributed by atoms with Gasteiger partial charge in [0.05, 0.1) is 17.3 Å². The maximum atomic E-state index is 14.0. The monoisotopic (exact) mass is 490 g/mol. The van der Waals surface area contributed by atoms with E-state index in [2.05, 4.69) is 15.5 Å². The van der Waals surface area contributed by atoms with Crippen LogP contribution in [0.3, 0.4) is 0 Å². The first-order valence-electron chi connectivity index (χ1n) is 11.3. The highest BCUT2D eigenvalue weighted by Crippen LogP contribution is 2.39. The van der Waals surface area contributed by atoms with Gasteiger partial charge >= 0.3 is 6.03 Å². The highest BCUT2D eigenvalue weighted by molar-refractivity contribution is 6.01. The van der Waals surface area contributed by atoms with E-state index >= 15 is 0 Å². The number of aryl methyl sites for hydroxylation is 1. The number of hydrogen-bond acceptors (Lipinski definition) is 4. The third-order valence-corrected chi connectivity index (χ3v) is 6.11. The molecule has 1 N–H and O–H groups in total. The quantitative estimate of drug-likeness (QED) is 0.351. The van der Waals surface area contributed by atoms with Crippen LogP contribution >= 0.6 is 0 Å². The van der Waals surface area contributed by atoms with E-state index < -0.39 is 29.5 Å². The minimum Gasteiger partial charge on any atom is -0.334 e. The highest BCUT2D eigenvalue weighted by Gasteiger charge is 2.36. The molecule has 4 aromatic rings. The van der Waals surface area contributed by atoms with Gasteiger partial charge in [-0.1, -0.05) is 48.5 Å². The summed E-state index contributed by atoms with van der Waals surface area (Å²) in [4.78, 5) is 18.9. The minimum atomic E-state index is -1.09. The van der Waals surface area contributed by atoms with Crippen LogP contribution in [-0.4, -0.2) is 16.2 Å². The van der Waals surface area contributed by atoms with E-state index in [1.807, 2.05) is 31.2 Å². The summed E-state index contributed by atoms with van der Waals surface area (Å²) in [5.74, 6) is -2.29. The van der Waals surface area contributed by atoms with Gasteiger partial charge in [-0.3, -0.25) is 4.90 Å². The predicted molar refractivity (Wildman–Crippen MR) is 128 cm³/mol. The zero-order valence-corrected chi connectivity index (χ0v) is 19.4. The molecular formula is C27H21F3N4O2. The SMILES string of the molecule is CCc1ccc(C2NC(=O)N(c3ccc(F)c(F)c3)C(C)=C2c2nc(-c3cccc(F)c3)no2)cc1. The average molecular weight is 490 g/mol. The molecule has 6 nitrogen and oxygen atoms in total. The lowest BCUT2D eigenvalue weighted by molar-refractivity contribution is 0.244. The van der Waals surface area contributed by atoms with E-state index in [1.54, 1.807) is 13.0 Å². The van der Waals surface area contributed by atoms with Crippen LogP contribution in [0, 0.1) is 17.5 Å². The molecule has 0 radical (unpaired) electrons. The molecule has 9 heteroatoms. The van der Waals surface area contributed by atoms with Gasteiger partial charge < -0.3 is 9.84 Å². The van der Waals surface area contributed by atoms with E-state index in [9.17, 15) is 18.0 Å². The molecule has 5 rings (SSSR count). The molecule has 0 saturated heterocycles. The number of nitrogens with one attached hydrogen (secondary N) is 1.